The highest BCUT2D eigenvalue weighted by atomic mass is 16.8. The maximum Gasteiger partial charge on any atom is 0.217 e. The van der Waals surface area contributed by atoms with Crippen LogP contribution in [-0.4, -0.2) is 327 Å². The topological polar surface area (TPSA) is 524 Å². The van der Waals surface area contributed by atoms with Gasteiger partial charge in [0, 0.05) is 13.8 Å². The minimum Gasteiger partial charge on any atom is -0.394 e. The molecule has 6 saturated heterocycles. The van der Waals surface area contributed by atoms with E-state index in [2.05, 4.69) is 10.6 Å². The molecule has 424 valence electrons. The standard InChI is InChI=1S/C40H68N2O31/c1-9(48)41-17-23(54)31(14(6-46)64-35(17)62)71-39-30(61)33(72-38-29(60)26(57)20(51)12(4-44)66-38)22(53)16(69-39)8-63-40-34(27(58)21(52)13(5-45)67-40)73-36-18(42-10(2)49)24(55)32(15(7-47)68-36)70-37-28(59)25(56)19(50)11(3-43)65-37/h11-40,43-47,50-62H,3-8H2,1-2H3,(H,41,48)(H,42,49)/t11-,12-,13-,14-,15-,16-,17-,18-,19+,20-,21-,22-,23-,24-,25+,26+,27+,28-,29+,30+,31-,32-,33+,34+,35?,36+,37+,38-,39+,40+/m1/s1. The van der Waals surface area contributed by atoms with E-state index >= 15 is 0 Å². The first-order valence-corrected chi connectivity index (χ1v) is 23.1. The highest BCUT2D eigenvalue weighted by molar-refractivity contribution is 5.73. The lowest BCUT2D eigenvalue weighted by Gasteiger charge is -2.50. The molecule has 2 amide bonds. The summed E-state index contributed by atoms with van der Waals surface area (Å²) < 4.78 is 62.9. The van der Waals surface area contributed by atoms with Crippen LogP contribution in [0.15, 0.2) is 0 Å². The normalized spacial score (nSPS) is 49.8. The summed E-state index contributed by atoms with van der Waals surface area (Å²) in [6, 6.07) is -3.36. The monoisotopic (exact) mass is 1070 g/mol. The van der Waals surface area contributed by atoms with Crippen molar-refractivity contribution in [2.75, 3.05) is 39.6 Å². The van der Waals surface area contributed by atoms with Crippen molar-refractivity contribution < 1.29 is 154 Å². The second-order valence-corrected chi connectivity index (χ2v) is 18.3. The van der Waals surface area contributed by atoms with Crippen LogP contribution in [0.5, 0.6) is 0 Å². The van der Waals surface area contributed by atoms with Gasteiger partial charge in [-0.1, -0.05) is 0 Å². The van der Waals surface area contributed by atoms with E-state index < -0.39 is 236 Å². The lowest BCUT2D eigenvalue weighted by Crippen LogP contribution is -2.69. The van der Waals surface area contributed by atoms with Gasteiger partial charge in [0.25, 0.3) is 0 Å². The Balaban J connectivity index is 1.27. The van der Waals surface area contributed by atoms with E-state index in [4.69, 9.17) is 52.1 Å². The minimum atomic E-state index is -2.22. The third kappa shape index (κ3) is 13.0. The average Bonchev–Trinajstić information content (AvgIpc) is 3.35. The zero-order valence-corrected chi connectivity index (χ0v) is 38.9. The van der Waals surface area contributed by atoms with Crippen LogP contribution in [0, 0.1) is 0 Å². The summed E-state index contributed by atoms with van der Waals surface area (Å²) in [4.78, 5) is 24.5. The molecular weight excluding hydrogens is 1000 g/mol. The predicted octanol–water partition coefficient (Wildman–Crippen LogP) is -13.8. The molecule has 33 nitrogen and oxygen atoms in total. The fourth-order valence-electron chi connectivity index (χ4n) is 9.20. The molecule has 6 aliphatic heterocycles. The molecule has 0 saturated carbocycles. The Kier molecular flexibility index (Phi) is 21.3. The molecule has 1 unspecified atom stereocenters. The molecule has 20 N–H and O–H groups in total. The summed E-state index contributed by atoms with van der Waals surface area (Å²) >= 11 is 0. The van der Waals surface area contributed by atoms with Crippen LogP contribution in [0.25, 0.3) is 0 Å². The van der Waals surface area contributed by atoms with Crippen molar-refractivity contribution in [2.24, 2.45) is 0 Å². The van der Waals surface area contributed by atoms with E-state index in [1.54, 1.807) is 0 Å². The summed E-state index contributed by atoms with van der Waals surface area (Å²) in [7, 11) is 0. The Morgan fingerprint density at radius 2 is 0.726 bits per heavy atom. The number of hydrogen-bond donors (Lipinski definition) is 20. The number of aliphatic hydroxyl groups excluding tert-OH is 18. The number of rotatable bonds is 18. The highest BCUT2D eigenvalue weighted by Crippen LogP contribution is 2.36. The van der Waals surface area contributed by atoms with Crippen molar-refractivity contribution in [1.29, 1.82) is 0 Å². The number of carbonyl (C=O) groups is 2. The van der Waals surface area contributed by atoms with Crippen molar-refractivity contribution in [2.45, 2.75) is 198 Å². The molecule has 0 aliphatic carbocycles. The molecule has 6 aliphatic rings. The molecule has 6 heterocycles. The molecule has 73 heavy (non-hydrogen) atoms. The maximum absolute atomic E-state index is 12.5. The molecule has 33 heteroatoms. The van der Waals surface area contributed by atoms with E-state index in [-0.39, 0.29) is 0 Å². The molecular formula is C40H68N2O31. The summed E-state index contributed by atoms with van der Waals surface area (Å²) in [5.74, 6) is -1.59. The Morgan fingerprint density at radius 1 is 0.356 bits per heavy atom. The van der Waals surface area contributed by atoms with Crippen LogP contribution >= 0.6 is 0 Å². The lowest BCUT2D eigenvalue weighted by atomic mass is 9.94. The van der Waals surface area contributed by atoms with Crippen LogP contribution in [0.4, 0.5) is 0 Å². The maximum atomic E-state index is 12.5. The Hall–Kier alpha value is -2.22. The number of nitrogens with one attached hydrogen (secondary N) is 2. The van der Waals surface area contributed by atoms with Crippen molar-refractivity contribution in [3.05, 3.63) is 0 Å². The van der Waals surface area contributed by atoms with E-state index in [1.165, 1.54) is 0 Å². The van der Waals surface area contributed by atoms with Gasteiger partial charge in [-0.3, -0.25) is 9.59 Å². The van der Waals surface area contributed by atoms with E-state index in [1.807, 2.05) is 0 Å². The molecule has 30 atom stereocenters. The van der Waals surface area contributed by atoms with Crippen LogP contribution < -0.4 is 10.6 Å². The van der Waals surface area contributed by atoms with Gasteiger partial charge in [-0.15, -0.1) is 0 Å². The first-order valence-electron chi connectivity index (χ1n) is 23.1. The molecule has 0 aromatic heterocycles. The summed E-state index contributed by atoms with van der Waals surface area (Å²) in [5.41, 5.74) is 0. The van der Waals surface area contributed by atoms with Crippen molar-refractivity contribution in [3.8, 4) is 0 Å². The molecule has 0 aromatic carbocycles. The van der Waals surface area contributed by atoms with Gasteiger partial charge >= 0.3 is 0 Å². The van der Waals surface area contributed by atoms with Gasteiger partial charge in [-0.2, -0.15) is 0 Å². The van der Waals surface area contributed by atoms with Gasteiger partial charge in [0.1, 0.15) is 146 Å². The third-order valence-electron chi connectivity index (χ3n) is 13.2. The van der Waals surface area contributed by atoms with Crippen LogP contribution in [0.2, 0.25) is 0 Å². The number of aliphatic hydroxyl groups is 18. The van der Waals surface area contributed by atoms with Gasteiger partial charge in [-0.05, 0) is 0 Å². The van der Waals surface area contributed by atoms with Crippen molar-refractivity contribution in [3.63, 3.8) is 0 Å². The molecule has 0 radical (unpaired) electrons. The number of amides is 2. The second kappa shape index (κ2) is 26.0. The van der Waals surface area contributed by atoms with Gasteiger partial charge in [-0.25, -0.2) is 0 Å². The lowest BCUT2D eigenvalue weighted by molar-refractivity contribution is -0.386. The predicted molar refractivity (Wildman–Crippen MR) is 222 cm³/mol. The Bertz CT molecular complexity index is 1750. The summed E-state index contributed by atoms with van der Waals surface area (Å²) in [6.07, 6.45) is -53.6. The van der Waals surface area contributed by atoms with Crippen LogP contribution in [0.1, 0.15) is 13.8 Å². The first kappa shape index (κ1) is 60.0. The van der Waals surface area contributed by atoms with Gasteiger partial charge in [0.05, 0.1) is 39.6 Å². The average molecular weight is 1070 g/mol. The van der Waals surface area contributed by atoms with Crippen molar-refractivity contribution in [1.82, 2.24) is 10.6 Å². The van der Waals surface area contributed by atoms with E-state index in [0.29, 0.717) is 0 Å². The van der Waals surface area contributed by atoms with E-state index in [0.717, 1.165) is 13.8 Å². The quantitative estimate of drug-likeness (QED) is 0.0606. The largest absolute Gasteiger partial charge is 0.394 e. The van der Waals surface area contributed by atoms with Gasteiger partial charge < -0.3 is 155 Å². The van der Waals surface area contributed by atoms with Crippen LogP contribution in [-0.2, 0) is 61.7 Å². The Labute approximate surface area is 413 Å². The molecule has 0 aromatic rings. The SMILES string of the molecule is CC(=O)N[C@H]1[C@H](O[C@@H]2[C@@H](OC[C@H]3O[C@@H](O[C@H]4[C@H](O)[C@@H](NC(C)=O)C(O)O[C@@H]4CO)[C@@H](O)[C@@H](O[C@H]4O[C@H](CO)[C@@H](O)[C@H](O)[C@@H]4O)[C@@H]3O)O[C@H](CO)[C@@H](O)[C@@H]2O)O[C@H](CO)[C@@H](O[C@@H]2O[C@H](CO)[C@H](O)[C@H](O)[C@H]2O)[C@@H]1O. The molecule has 6 fully saturated rings. The first-order chi connectivity index (χ1) is 34.5. The second-order valence-electron chi connectivity index (χ2n) is 18.3. The van der Waals surface area contributed by atoms with Crippen LogP contribution in [0.3, 0.4) is 0 Å². The molecule has 0 bridgehead atoms. The van der Waals surface area contributed by atoms with Crippen molar-refractivity contribution >= 4 is 11.8 Å². The Morgan fingerprint density at radius 3 is 1.21 bits per heavy atom. The minimum absolute atomic E-state index is 0.751. The van der Waals surface area contributed by atoms with Gasteiger partial charge in [0.2, 0.25) is 11.8 Å². The van der Waals surface area contributed by atoms with E-state index in [9.17, 15) is 102 Å². The fourth-order valence-corrected chi connectivity index (χ4v) is 9.20. The number of hydrogen-bond acceptors (Lipinski definition) is 31. The van der Waals surface area contributed by atoms with Gasteiger partial charge in [0.15, 0.2) is 37.7 Å². The number of ether oxygens (including phenoxy) is 11. The zero-order valence-electron chi connectivity index (χ0n) is 38.9. The summed E-state index contributed by atoms with van der Waals surface area (Å²) in [5, 5.41) is 197. The highest BCUT2D eigenvalue weighted by Gasteiger charge is 2.57. The smallest absolute Gasteiger partial charge is 0.217 e. The fraction of sp³-hybridized carbons (Fsp3) is 0.950. The zero-order chi connectivity index (χ0) is 53.9. The molecule has 0 spiro atoms. The molecule has 6 rings (SSSR count). The number of carbonyl (C=O) groups excluding carboxylic acids is 2. The summed E-state index contributed by atoms with van der Waals surface area (Å²) in [6.45, 7) is -3.67. The third-order valence-corrected chi connectivity index (χ3v) is 13.2.